The number of hydrogen-bond donors (Lipinski definition) is 1. The van der Waals surface area contributed by atoms with Gasteiger partial charge in [0.15, 0.2) is 0 Å². The van der Waals surface area contributed by atoms with Crippen LogP contribution in [0.2, 0.25) is 0 Å². The van der Waals surface area contributed by atoms with E-state index in [0.29, 0.717) is 25.3 Å². The number of thioether (sulfide) groups is 1. The Hall–Kier alpha value is -2.10. The van der Waals surface area contributed by atoms with Gasteiger partial charge in [-0.3, -0.25) is 10.1 Å². The average molecular weight is 422 g/mol. The van der Waals surface area contributed by atoms with E-state index in [9.17, 15) is 18.5 Å². The Kier molecular flexibility index (Phi) is 6.93. The molecule has 2 aromatic carbocycles. The SMILES string of the molecule is O=[N+]([O-])c1cc(S(=O)(=O)N2CCCC2)ccc1NCCCSc1ccccc1. The highest BCUT2D eigenvalue weighted by molar-refractivity contribution is 7.99. The Morgan fingerprint density at radius 1 is 1.11 bits per heavy atom. The Bertz CT molecular complexity index is 914. The predicted molar refractivity (Wildman–Crippen MR) is 111 cm³/mol. The molecule has 9 heteroatoms. The second-order valence-corrected chi connectivity index (χ2v) is 9.60. The summed E-state index contributed by atoms with van der Waals surface area (Å²) in [6.45, 7) is 1.50. The summed E-state index contributed by atoms with van der Waals surface area (Å²) in [6, 6.07) is 14.1. The number of sulfonamides is 1. The van der Waals surface area contributed by atoms with E-state index < -0.39 is 14.9 Å². The monoisotopic (exact) mass is 421 g/mol. The number of hydrogen-bond acceptors (Lipinski definition) is 6. The lowest BCUT2D eigenvalue weighted by Gasteiger charge is -2.16. The van der Waals surface area contributed by atoms with Gasteiger partial charge in [-0.15, -0.1) is 11.8 Å². The van der Waals surface area contributed by atoms with Crippen molar-refractivity contribution in [1.29, 1.82) is 0 Å². The Morgan fingerprint density at radius 2 is 1.82 bits per heavy atom. The van der Waals surface area contributed by atoms with E-state index in [1.165, 1.54) is 21.3 Å². The molecule has 0 saturated carbocycles. The number of rotatable bonds is 9. The van der Waals surface area contributed by atoms with E-state index in [0.717, 1.165) is 31.1 Å². The van der Waals surface area contributed by atoms with Gasteiger partial charge in [0.1, 0.15) is 5.69 Å². The maximum Gasteiger partial charge on any atom is 0.293 e. The molecule has 1 fully saturated rings. The van der Waals surface area contributed by atoms with Crippen LogP contribution in [-0.2, 0) is 10.0 Å². The van der Waals surface area contributed by atoms with Gasteiger partial charge >= 0.3 is 0 Å². The first-order valence-electron chi connectivity index (χ1n) is 9.19. The summed E-state index contributed by atoms with van der Waals surface area (Å²) in [7, 11) is -3.67. The maximum absolute atomic E-state index is 12.6. The van der Waals surface area contributed by atoms with Gasteiger partial charge in [0.2, 0.25) is 10.0 Å². The third-order valence-electron chi connectivity index (χ3n) is 4.52. The van der Waals surface area contributed by atoms with Crippen LogP contribution >= 0.6 is 11.8 Å². The van der Waals surface area contributed by atoms with Crippen LogP contribution in [-0.4, -0.2) is 43.0 Å². The fraction of sp³-hybridized carbons (Fsp3) is 0.368. The summed E-state index contributed by atoms with van der Waals surface area (Å²) in [5, 5.41) is 14.5. The number of benzene rings is 2. The zero-order valence-corrected chi connectivity index (χ0v) is 17.0. The molecule has 1 N–H and O–H groups in total. The molecule has 150 valence electrons. The van der Waals surface area contributed by atoms with Crippen molar-refractivity contribution in [3.05, 3.63) is 58.6 Å². The summed E-state index contributed by atoms with van der Waals surface area (Å²) in [5.41, 5.74) is 0.131. The fourth-order valence-corrected chi connectivity index (χ4v) is 5.46. The lowest BCUT2D eigenvalue weighted by atomic mass is 10.2. The number of nitro benzene ring substituents is 1. The van der Waals surface area contributed by atoms with Crippen LogP contribution in [0.1, 0.15) is 19.3 Å². The minimum Gasteiger partial charge on any atom is -0.379 e. The van der Waals surface area contributed by atoms with Crippen LogP contribution in [0.25, 0.3) is 0 Å². The van der Waals surface area contributed by atoms with E-state index in [4.69, 9.17) is 0 Å². The van der Waals surface area contributed by atoms with Gasteiger partial charge in [-0.25, -0.2) is 8.42 Å². The minimum atomic E-state index is -3.67. The Balaban J connectivity index is 1.62. The van der Waals surface area contributed by atoms with Crippen LogP contribution in [0, 0.1) is 10.1 Å². The topological polar surface area (TPSA) is 92.5 Å². The van der Waals surface area contributed by atoms with Gasteiger partial charge in [0, 0.05) is 30.6 Å². The van der Waals surface area contributed by atoms with Crippen LogP contribution < -0.4 is 5.32 Å². The van der Waals surface area contributed by atoms with E-state index in [-0.39, 0.29) is 10.6 Å². The van der Waals surface area contributed by atoms with Crippen molar-refractivity contribution in [2.45, 2.75) is 29.1 Å². The molecule has 3 rings (SSSR count). The van der Waals surface area contributed by atoms with E-state index >= 15 is 0 Å². The van der Waals surface area contributed by atoms with Crippen molar-refractivity contribution in [2.75, 3.05) is 30.7 Å². The first kappa shape index (κ1) is 20.6. The minimum absolute atomic E-state index is 0.0220. The highest BCUT2D eigenvalue weighted by Crippen LogP contribution is 2.30. The molecule has 0 aromatic heterocycles. The molecule has 0 amide bonds. The first-order valence-corrected chi connectivity index (χ1v) is 11.6. The first-order chi connectivity index (χ1) is 13.5. The summed E-state index contributed by atoms with van der Waals surface area (Å²) in [5.74, 6) is 0.881. The van der Waals surface area contributed by atoms with Gasteiger partial charge < -0.3 is 5.32 Å². The lowest BCUT2D eigenvalue weighted by molar-refractivity contribution is -0.384. The number of nitrogens with one attached hydrogen (secondary N) is 1. The average Bonchev–Trinajstić information content (AvgIpc) is 3.24. The quantitative estimate of drug-likeness (QED) is 0.285. The predicted octanol–water partition coefficient (Wildman–Crippen LogP) is 3.97. The molecule has 1 aliphatic heterocycles. The van der Waals surface area contributed by atoms with Crippen molar-refractivity contribution in [2.24, 2.45) is 0 Å². The number of nitro groups is 1. The highest BCUT2D eigenvalue weighted by atomic mass is 32.2. The summed E-state index contributed by atoms with van der Waals surface area (Å²) < 4.78 is 26.7. The second kappa shape index (κ2) is 9.40. The van der Waals surface area contributed by atoms with Gasteiger partial charge in [-0.05, 0) is 49.3 Å². The molecule has 0 atom stereocenters. The van der Waals surface area contributed by atoms with E-state index in [1.807, 2.05) is 30.3 Å². The third-order valence-corrected chi connectivity index (χ3v) is 7.51. The normalized spacial score (nSPS) is 14.9. The van der Waals surface area contributed by atoms with Crippen LogP contribution in [0.5, 0.6) is 0 Å². The lowest BCUT2D eigenvalue weighted by Crippen LogP contribution is -2.27. The maximum atomic E-state index is 12.6. The fourth-order valence-electron chi connectivity index (χ4n) is 3.05. The molecule has 28 heavy (non-hydrogen) atoms. The Morgan fingerprint density at radius 3 is 2.50 bits per heavy atom. The zero-order valence-electron chi connectivity index (χ0n) is 15.4. The van der Waals surface area contributed by atoms with Gasteiger partial charge in [0.25, 0.3) is 5.69 Å². The van der Waals surface area contributed by atoms with Crippen molar-refractivity contribution < 1.29 is 13.3 Å². The summed E-state index contributed by atoms with van der Waals surface area (Å²) in [4.78, 5) is 12.1. The van der Waals surface area contributed by atoms with Gasteiger partial charge in [0.05, 0.1) is 9.82 Å². The molecule has 0 spiro atoms. The van der Waals surface area contributed by atoms with Crippen molar-refractivity contribution >= 4 is 33.2 Å². The molecule has 0 aliphatic carbocycles. The number of anilines is 1. The van der Waals surface area contributed by atoms with Crippen molar-refractivity contribution in [3.63, 3.8) is 0 Å². The zero-order chi connectivity index (χ0) is 20.0. The standard InChI is InChI=1S/C19H23N3O4S2/c23-22(24)19-15-17(28(25,26)21-12-4-5-13-21)9-10-18(19)20-11-6-14-27-16-7-2-1-3-8-16/h1-3,7-10,15,20H,4-6,11-14H2. The smallest absolute Gasteiger partial charge is 0.293 e. The molecule has 2 aromatic rings. The molecule has 1 saturated heterocycles. The molecule has 7 nitrogen and oxygen atoms in total. The summed E-state index contributed by atoms with van der Waals surface area (Å²) in [6.07, 6.45) is 2.47. The second-order valence-electron chi connectivity index (χ2n) is 6.49. The van der Waals surface area contributed by atoms with Gasteiger partial charge in [-0.1, -0.05) is 18.2 Å². The van der Waals surface area contributed by atoms with Crippen LogP contribution in [0.15, 0.2) is 58.3 Å². The largest absolute Gasteiger partial charge is 0.379 e. The van der Waals surface area contributed by atoms with Crippen molar-refractivity contribution in [1.82, 2.24) is 4.31 Å². The highest BCUT2D eigenvalue weighted by Gasteiger charge is 2.29. The van der Waals surface area contributed by atoms with Gasteiger partial charge in [-0.2, -0.15) is 4.31 Å². The molecular weight excluding hydrogens is 398 g/mol. The Labute approximate surface area is 169 Å². The molecular formula is C19H23N3O4S2. The molecule has 0 radical (unpaired) electrons. The van der Waals surface area contributed by atoms with Crippen LogP contribution in [0.4, 0.5) is 11.4 Å². The third kappa shape index (κ3) is 5.03. The van der Waals surface area contributed by atoms with E-state index in [1.54, 1.807) is 11.8 Å². The van der Waals surface area contributed by atoms with Crippen molar-refractivity contribution in [3.8, 4) is 0 Å². The molecule has 1 aliphatic rings. The number of nitrogens with zero attached hydrogens (tertiary/aromatic N) is 2. The van der Waals surface area contributed by atoms with E-state index in [2.05, 4.69) is 5.32 Å². The molecule has 1 heterocycles. The molecule has 0 bridgehead atoms. The molecule has 0 unspecified atom stereocenters. The summed E-state index contributed by atoms with van der Waals surface area (Å²) >= 11 is 1.73. The van der Waals surface area contributed by atoms with Crippen LogP contribution in [0.3, 0.4) is 0 Å².